The highest BCUT2D eigenvalue weighted by Crippen LogP contribution is 2.27. The molecule has 3 rings (SSSR count). The number of likely N-dealkylation sites (tertiary alicyclic amines) is 1. The van der Waals surface area contributed by atoms with Crippen molar-refractivity contribution in [1.29, 1.82) is 0 Å². The van der Waals surface area contributed by atoms with Crippen LogP contribution in [0.25, 0.3) is 10.6 Å². The normalized spacial score (nSPS) is 18.6. The maximum absolute atomic E-state index is 11.1. The lowest BCUT2D eigenvalue weighted by atomic mass is 9.99. The Kier molecular flexibility index (Phi) is 5.60. The topological polar surface area (TPSA) is 79.5 Å². The van der Waals surface area contributed by atoms with Crippen LogP contribution >= 0.6 is 11.3 Å². The Bertz CT molecular complexity index is 682. The van der Waals surface area contributed by atoms with Gasteiger partial charge in [0, 0.05) is 35.7 Å². The molecule has 1 aliphatic rings. The minimum atomic E-state index is -0.415. The zero-order chi connectivity index (χ0) is 16.9. The summed E-state index contributed by atoms with van der Waals surface area (Å²) in [5, 5.41) is 12.3. The molecule has 2 aromatic rings. The summed E-state index contributed by atoms with van der Waals surface area (Å²) in [7, 11) is 0. The number of carbonyl (C=O) groups excluding carboxylic acids is 1. The number of benzene rings is 1. The van der Waals surface area contributed by atoms with Crippen LogP contribution < -0.4 is 5.73 Å². The summed E-state index contributed by atoms with van der Waals surface area (Å²) < 4.78 is 0. The zero-order valence-electron chi connectivity index (χ0n) is 13.6. The highest BCUT2D eigenvalue weighted by atomic mass is 32.1. The van der Waals surface area contributed by atoms with E-state index in [1.807, 2.05) is 12.1 Å². The summed E-state index contributed by atoms with van der Waals surface area (Å²) in [5.41, 5.74) is 7.85. The third-order valence-corrected chi connectivity index (χ3v) is 5.48. The summed E-state index contributed by atoms with van der Waals surface area (Å²) in [5.74, 6) is -0.415. The number of carbonyl (C=O) groups is 1. The Morgan fingerprint density at radius 3 is 2.83 bits per heavy atom. The number of hydrogen-bond donors (Lipinski definition) is 2. The minimum Gasteiger partial charge on any atom is -0.396 e. The SMILES string of the molecule is NC(=O)c1ccc(-c2nc(CN3CCCCC3CCO)cs2)cc1. The second-order valence-corrected chi connectivity index (χ2v) is 7.08. The summed E-state index contributed by atoms with van der Waals surface area (Å²) in [4.78, 5) is 18.3. The van der Waals surface area contributed by atoms with Crippen molar-refractivity contribution in [2.24, 2.45) is 5.73 Å². The van der Waals surface area contributed by atoms with Crippen LogP contribution in [0.4, 0.5) is 0 Å². The van der Waals surface area contributed by atoms with Crippen LogP contribution in [0, 0.1) is 0 Å². The van der Waals surface area contributed by atoms with Gasteiger partial charge >= 0.3 is 0 Å². The lowest BCUT2D eigenvalue weighted by molar-refractivity contribution is 0.100. The van der Waals surface area contributed by atoms with E-state index in [2.05, 4.69) is 10.3 Å². The molecule has 24 heavy (non-hydrogen) atoms. The molecule has 0 saturated carbocycles. The average molecular weight is 345 g/mol. The first-order valence-electron chi connectivity index (χ1n) is 8.37. The van der Waals surface area contributed by atoms with E-state index in [-0.39, 0.29) is 6.61 Å². The number of piperidine rings is 1. The molecule has 2 heterocycles. The molecular weight excluding hydrogens is 322 g/mol. The molecule has 1 aliphatic heterocycles. The number of aliphatic hydroxyl groups is 1. The van der Waals surface area contributed by atoms with Gasteiger partial charge in [-0.05, 0) is 37.9 Å². The Morgan fingerprint density at radius 2 is 2.12 bits per heavy atom. The minimum absolute atomic E-state index is 0.246. The molecular formula is C18H23N3O2S. The molecule has 1 atom stereocenters. The van der Waals surface area contributed by atoms with E-state index in [4.69, 9.17) is 10.7 Å². The largest absolute Gasteiger partial charge is 0.396 e. The van der Waals surface area contributed by atoms with Gasteiger partial charge in [-0.25, -0.2) is 4.98 Å². The van der Waals surface area contributed by atoms with Crippen molar-refractivity contribution in [1.82, 2.24) is 9.88 Å². The van der Waals surface area contributed by atoms with Crippen molar-refractivity contribution in [3.8, 4) is 10.6 Å². The number of nitrogens with zero attached hydrogens (tertiary/aromatic N) is 2. The van der Waals surface area contributed by atoms with E-state index in [1.54, 1.807) is 23.5 Å². The molecule has 0 spiro atoms. The van der Waals surface area contributed by atoms with Crippen LogP contribution in [0.1, 0.15) is 41.7 Å². The first-order valence-corrected chi connectivity index (χ1v) is 9.25. The fourth-order valence-corrected chi connectivity index (χ4v) is 4.06. The van der Waals surface area contributed by atoms with Gasteiger partial charge in [0.2, 0.25) is 5.91 Å². The number of amides is 1. The quantitative estimate of drug-likeness (QED) is 0.843. The highest BCUT2D eigenvalue weighted by molar-refractivity contribution is 7.13. The number of aliphatic hydroxyl groups excluding tert-OH is 1. The number of hydrogen-bond acceptors (Lipinski definition) is 5. The molecule has 5 nitrogen and oxygen atoms in total. The molecule has 1 amide bonds. The second-order valence-electron chi connectivity index (χ2n) is 6.22. The van der Waals surface area contributed by atoms with Crippen LogP contribution in [-0.4, -0.2) is 40.1 Å². The monoisotopic (exact) mass is 345 g/mol. The van der Waals surface area contributed by atoms with Crippen LogP contribution in [-0.2, 0) is 6.54 Å². The molecule has 3 N–H and O–H groups in total. The lowest BCUT2D eigenvalue weighted by Crippen LogP contribution is -2.39. The molecule has 0 aliphatic carbocycles. The Hall–Kier alpha value is -1.76. The predicted octanol–water partition coefficient (Wildman–Crippen LogP) is 2.65. The first kappa shape index (κ1) is 17.1. The fourth-order valence-electron chi connectivity index (χ4n) is 3.24. The molecule has 128 valence electrons. The number of nitrogens with two attached hydrogens (primary N) is 1. The molecule has 1 unspecified atom stereocenters. The van der Waals surface area contributed by atoms with Crippen molar-refractivity contribution in [3.63, 3.8) is 0 Å². The lowest BCUT2D eigenvalue weighted by Gasteiger charge is -2.35. The van der Waals surface area contributed by atoms with Crippen molar-refractivity contribution in [2.75, 3.05) is 13.2 Å². The molecule has 1 saturated heterocycles. The van der Waals surface area contributed by atoms with Crippen molar-refractivity contribution >= 4 is 17.2 Å². The van der Waals surface area contributed by atoms with Crippen LogP contribution in [0.5, 0.6) is 0 Å². The van der Waals surface area contributed by atoms with Gasteiger partial charge in [0.05, 0.1) is 5.69 Å². The van der Waals surface area contributed by atoms with Crippen molar-refractivity contribution in [3.05, 3.63) is 40.9 Å². The van der Waals surface area contributed by atoms with Gasteiger partial charge in [-0.2, -0.15) is 0 Å². The van der Waals surface area contributed by atoms with Gasteiger partial charge in [0.25, 0.3) is 0 Å². The predicted molar refractivity (Wildman–Crippen MR) is 95.8 cm³/mol. The zero-order valence-corrected chi connectivity index (χ0v) is 14.5. The maximum Gasteiger partial charge on any atom is 0.248 e. The van der Waals surface area contributed by atoms with Gasteiger partial charge in [0.15, 0.2) is 0 Å². The molecule has 0 radical (unpaired) electrons. The number of aromatic nitrogens is 1. The van der Waals surface area contributed by atoms with Crippen LogP contribution in [0.3, 0.4) is 0 Å². The van der Waals surface area contributed by atoms with Gasteiger partial charge in [0.1, 0.15) is 5.01 Å². The summed E-state index contributed by atoms with van der Waals surface area (Å²) >= 11 is 1.62. The number of primary amides is 1. The third-order valence-electron chi connectivity index (χ3n) is 4.54. The highest BCUT2D eigenvalue weighted by Gasteiger charge is 2.22. The van der Waals surface area contributed by atoms with E-state index < -0.39 is 5.91 Å². The van der Waals surface area contributed by atoms with E-state index in [0.29, 0.717) is 11.6 Å². The number of rotatable bonds is 6. The summed E-state index contributed by atoms with van der Waals surface area (Å²) in [6, 6.07) is 7.71. The van der Waals surface area contributed by atoms with E-state index in [9.17, 15) is 9.90 Å². The summed E-state index contributed by atoms with van der Waals surface area (Å²) in [6.45, 7) is 2.15. The van der Waals surface area contributed by atoms with Crippen LogP contribution in [0.2, 0.25) is 0 Å². The molecule has 1 aromatic heterocycles. The standard InChI is InChI=1S/C18H23N3O2S/c19-17(23)13-4-6-14(7-5-13)18-20-15(12-24-18)11-21-9-2-1-3-16(21)8-10-22/h4-7,12,16,22H,1-3,8-11H2,(H2,19,23). The van der Waals surface area contributed by atoms with Gasteiger partial charge < -0.3 is 10.8 Å². The van der Waals surface area contributed by atoms with E-state index in [0.717, 1.165) is 42.2 Å². The maximum atomic E-state index is 11.1. The average Bonchev–Trinajstić information content (AvgIpc) is 3.05. The number of thiazole rings is 1. The second kappa shape index (κ2) is 7.88. The molecule has 1 fully saturated rings. The Labute approximate surface area is 146 Å². The summed E-state index contributed by atoms with van der Waals surface area (Å²) in [6.07, 6.45) is 4.46. The third kappa shape index (κ3) is 4.01. The Morgan fingerprint density at radius 1 is 1.33 bits per heavy atom. The first-order chi connectivity index (χ1) is 11.7. The van der Waals surface area contributed by atoms with E-state index in [1.165, 1.54) is 12.8 Å². The van der Waals surface area contributed by atoms with Crippen molar-refractivity contribution in [2.45, 2.75) is 38.3 Å². The van der Waals surface area contributed by atoms with Gasteiger partial charge in [-0.15, -0.1) is 11.3 Å². The molecule has 0 bridgehead atoms. The Balaban J connectivity index is 1.69. The molecule has 1 aromatic carbocycles. The molecule has 6 heteroatoms. The fraction of sp³-hybridized carbons (Fsp3) is 0.444. The van der Waals surface area contributed by atoms with E-state index >= 15 is 0 Å². The van der Waals surface area contributed by atoms with Gasteiger partial charge in [-0.1, -0.05) is 18.6 Å². The van der Waals surface area contributed by atoms with Crippen molar-refractivity contribution < 1.29 is 9.90 Å². The smallest absolute Gasteiger partial charge is 0.248 e. The van der Waals surface area contributed by atoms with Gasteiger partial charge in [-0.3, -0.25) is 9.69 Å². The van der Waals surface area contributed by atoms with Crippen LogP contribution in [0.15, 0.2) is 29.6 Å².